The Morgan fingerprint density at radius 1 is 1.14 bits per heavy atom. The molecule has 28 heavy (non-hydrogen) atoms. The number of anilines is 2. The molecular weight excluding hydrogens is 372 g/mol. The first-order valence-electron chi connectivity index (χ1n) is 10.2. The average Bonchev–Trinajstić information content (AvgIpc) is 3.34. The fourth-order valence-electron chi connectivity index (χ4n) is 4.63. The van der Waals surface area contributed by atoms with Gasteiger partial charge in [-0.1, -0.05) is 11.6 Å². The van der Waals surface area contributed by atoms with E-state index >= 15 is 0 Å². The number of fused-ring (bicyclic) bond motifs is 1. The van der Waals surface area contributed by atoms with E-state index in [1.165, 1.54) is 31.4 Å². The number of rotatable bonds is 6. The standard InChI is InChI=1S/C21H25ClN6/c22-17-12-24-21(25-13-17)28-7-4-14(5-8-28)19-9-15(19)3-6-23-18-2-1-16-11-26-27-20(16)10-18/h1-2,10-15,19,23H,3-9H2,(H,26,27). The predicted octanol–water partition coefficient (Wildman–Crippen LogP) is 4.36. The molecule has 0 amide bonds. The van der Waals surface area contributed by atoms with Crippen LogP contribution in [0.25, 0.3) is 10.9 Å². The van der Waals surface area contributed by atoms with Crippen LogP contribution in [0.1, 0.15) is 25.7 Å². The largest absolute Gasteiger partial charge is 0.385 e. The van der Waals surface area contributed by atoms with E-state index in [9.17, 15) is 0 Å². The normalized spacial score (nSPS) is 22.5. The van der Waals surface area contributed by atoms with E-state index in [1.54, 1.807) is 12.4 Å². The van der Waals surface area contributed by atoms with Crippen molar-refractivity contribution in [3.63, 3.8) is 0 Å². The Kier molecular flexibility index (Phi) is 4.81. The SMILES string of the molecule is Clc1cnc(N2CCC(C3CC3CCNc3ccc4cn[nH]c4c3)CC2)nc1. The molecule has 5 rings (SSSR count). The molecule has 3 heterocycles. The van der Waals surface area contributed by atoms with Gasteiger partial charge in [0.05, 0.1) is 29.1 Å². The van der Waals surface area contributed by atoms with Gasteiger partial charge >= 0.3 is 0 Å². The van der Waals surface area contributed by atoms with Crippen molar-refractivity contribution in [1.29, 1.82) is 0 Å². The first kappa shape index (κ1) is 17.7. The van der Waals surface area contributed by atoms with Crippen LogP contribution in [-0.2, 0) is 0 Å². The average molecular weight is 397 g/mol. The maximum Gasteiger partial charge on any atom is 0.225 e. The van der Waals surface area contributed by atoms with Gasteiger partial charge in [0.15, 0.2) is 0 Å². The van der Waals surface area contributed by atoms with E-state index in [0.717, 1.165) is 54.2 Å². The molecule has 1 saturated heterocycles. The van der Waals surface area contributed by atoms with Crippen molar-refractivity contribution in [2.75, 3.05) is 29.9 Å². The molecule has 2 atom stereocenters. The van der Waals surface area contributed by atoms with Crippen LogP contribution in [0.4, 0.5) is 11.6 Å². The number of piperidine rings is 1. The van der Waals surface area contributed by atoms with Crippen LogP contribution in [-0.4, -0.2) is 39.8 Å². The van der Waals surface area contributed by atoms with Crippen molar-refractivity contribution >= 4 is 34.1 Å². The molecule has 2 unspecified atom stereocenters. The van der Waals surface area contributed by atoms with Crippen LogP contribution in [0, 0.1) is 17.8 Å². The van der Waals surface area contributed by atoms with Crippen LogP contribution >= 0.6 is 11.6 Å². The molecule has 1 aliphatic heterocycles. The predicted molar refractivity (Wildman–Crippen MR) is 113 cm³/mol. The van der Waals surface area contributed by atoms with Gasteiger partial charge in [0, 0.05) is 30.7 Å². The summed E-state index contributed by atoms with van der Waals surface area (Å²) in [5.74, 6) is 3.46. The van der Waals surface area contributed by atoms with Crippen LogP contribution in [0.15, 0.2) is 36.8 Å². The topological polar surface area (TPSA) is 69.7 Å². The highest BCUT2D eigenvalue weighted by atomic mass is 35.5. The third kappa shape index (κ3) is 3.78. The second-order valence-electron chi connectivity index (χ2n) is 8.07. The number of nitrogens with zero attached hydrogens (tertiary/aromatic N) is 4. The highest BCUT2D eigenvalue weighted by Crippen LogP contribution is 2.49. The molecule has 1 aliphatic carbocycles. The minimum Gasteiger partial charge on any atom is -0.385 e. The molecule has 7 heteroatoms. The Bertz CT molecular complexity index is 931. The minimum absolute atomic E-state index is 0.595. The lowest BCUT2D eigenvalue weighted by molar-refractivity contribution is 0.343. The van der Waals surface area contributed by atoms with Gasteiger partial charge in [-0.3, -0.25) is 5.10 Å². The molecule has 2 N–H and O–H groups in total. The Labute approximate surface area is 169 Å². The van der Waals surface area contributed by atoms with Crippen LogP contribution in [0.5, 0.6) is 0 Å². The first-order chi connectivity index (χ1) is 13.8. The number of hydrogen-bond acceptors (Lipinski definition) is 5. The lowest BCUT2D eigenvalue weighted by Gasteiger charge is -2.32. The maximum absolute atomic E-state index is 5.89. The van der Waals surface area contributed by atoms with Crippen molar-refractivity contribution in [2.45, 2.75) is 25.7 Å². The molecule has 6 nitrogen and oxygen atoms in total. The lowest BCUT2D eigenvalue weighted by atomic mass is 9.90. The van der Waals surface area contributed by atoms with Crippen molar-refractivity contribution in [3.8, 4) is 0 Å². The third-order valence-electron chi connectivity index (χ3n) is 6.30. The number of aromatic amines is 1. The quantitative estimate of drug-likeness (QED) is 0.647. The number of halogens is 1. The fourth-order valence-corrected chi connectivity index (χ4v) is 4.72. The number of benzene rings is 1. The van der Waals surface area contributed by atoms with Crippen molar-refractivity contribution in [3.05, 3.63) is 41.8 Å². The molecule has 0 bridgehead atoms. The first-order valence-corrected chi connectivity index (χ1v) is 10.5. The number of nitrogens with one attached hydrogen (secondary N) is 2. The Morgan fingerprint density at radius 3 is 2.79 bits per heavy atom. The summed E-state index contributed by atoms with van der Waals surface area (Å²) in [6, 6.07) is 6.39. The summed E-state index contributed by atoms with van der Waals surface area (Å²) < 4.78 is 0. The molecule has 2 aliphatic rings. The van der Waals surface area contributed by atoms with Crippen molar-refractivity contribution in [1.82, 2.24) is 20.2 Å². The second kappa shape index (κ2) is 7.59. The summed E-state index contributed by atoms with van der Waals surface area (Å²) >= 11 is 5.89. The Morgan fingerprint density at radius 2 is 1.96 bits per heavy atom. The lowest BCUT2D eigenvalue weighted by Crippen LogP contribution is -2.35. The minimum atomic E-state index is 0.595. The van der Waals surface area contributed by atoms with Gasteiger partial charge in [-0.15, -0.1) is 0 Å². The van der Waals surface area contributed by atoms with E-state index in [2.05, 4.69) is 48.6 Å². The molecule has 2 aromatic heterocycles. The number of H-pyrrole nitrogens is 1. The molecule has 0 spiro atoms. The smallest absolute Gasteiger partial charge is 0.225 e. The van der Waals surface area contributed by atoms with Gasteiger partial charge in [-0.2, -0.15) is 5.10 Å². The van der Waals surface area contributed by atoms with Crippen LogP contribution in [0.3, 0.4) is 0 Å². The maximum atomic E-state index is 5.89. The van der Waals surface area contributed by atoms with Gasteiger partial charge in [0.2, 0.25) is 5.95 Å². The molecule has 0 radical (unpaired) electrons. The van der Waals surface area contributed by atoms with Crippen molar-refractivity contribution < 1.29 is 0 Å². The Balaban J connectivity index is 1.06. The summed E-state index contributed by atoms with van der Waals surface area (Å²) in [4.78, 5) is 11.0. The highest BCUT2D eigenvalue weighted by Gasteiger charge is 2.43. The summed E-state index contributed by atoms with van der Waals surface area (Å²) in [5, 5.41) is 12.4. The van der Waals surface area contributed by atoms with Crippen LogP contribution in [0.2, 0.25) is 5.02 Å². The monoisotopic (exact) mass is 396 g/mol. The zero-order valence-electron chi connectivity index (χ0n) is 15.8. The van der Waals surface area contributed by atoms with E-state index in [1.807, 2.05) is 6.20 Å². The van der Waals surface area contributed by atoms with Crippen molar-refractivity contribution in [2.24, 2.45) is 17.8 Å². The van der Waals surface area contributed by atoms with E-state index in [4.69, 9.17) is 11.6 Å². The summed E-state index contributed by atoms with van der Waals surface area (Å²) in [6.45, 7) is 3.15. The second-order valence-corrected chi connectivity index (χ2v) is 8.51. The zero-order chi connectivity index (χ0) is 18.9. The number of hydrogen-bond donors (Lipinski definition) is 2. The third-order valence-corrected chi connectivity index (χ3v) is 6.49. The molecule has 1 aromatic carbocycles. The zero-order valence-corrected chi connectivity index (χ0v) is 16.6. The summed E-state index contributed by atoms with van der Waals surface area (Å²) in [7, 11) is 0. The summed E-state index contributed by atoms with van der Waals surface area (Å²) in [5.41, 5.74) is 2.26. The molecular formula is C21H25ClN6. The molecule has 3 aromatic rings. The summed E-state index contributed by atoms with van der Waals surface area (Å²) in [6.07, 6.45) is 10.4. The van der Waals surface area contributed by atoms with Gasteiger partial charge in [0.1, 0.15) is 0 Å². The van der Waals surface area contributed by atoms with Gasteiger partial charge < -0.3 is 10.2 Å². The fraction of sp³-hybridized carbons (Fsp3) is 0.476. The van der Waals surface area contributed by atoms with E-state index in [-0.39, 0.29) is 0 Å². The van der Waals surface area contributed by atoms with Crippen LogP contribution < -0.4 is 10.2 Å². The number of aromatic nitrogens is 4. The van der Waals surface area contributed by atoms with Gasteiger partial charge in [-0.05, 0) is 61.6 Å². The molecule has 1 saturated carbocycles. The molecule has 2 fully saturated rings. The van der Waals surface area contributed by atoms with E-state index < -0.39 is 0 Å². The highest BCUT2D eigenvalue weighted by molar-refractivity contribution is 6.30. The van der Waals surface area contributed by atoms with Gasteiger partial charge in [-0.25, -0.2) is 9.97 Å². The Hall–Kier alpha value is -2.34. The van der Waals surface area contributed by atoms with E-state index in [0.29, 0.717) is 5.02 Å². The van der Waals surface area contributed by atoms with Gasteiger partial charge in [0.25, 0.3) is 0 Å². The molecule has 146 valence electrons.